The highest BCUT2D eigenvalue weighted by Gasteiger charge is 2.31. The van der Waals surface area contributed by atoms with E-state index in [1.54, 1.807) is 18.3 Å². The van der Waals surface area contributed by atoms with E-state index < -0.39 is 14.9 Å². The van der Waals surface area contributed by atoms with Gasteiger partial charge in [0.2, 0.25) is 10.0 Å². The fourth-order valence-electron chi connectivity index (χ4n) is 3.43. The molecule has 1 aromatic heterocycles. The summed E-state index contributed by atoms with van der Waals surface area (Å²) in [5.74, 6) is 0. The van der Waals surface area contributed by atoms with Crippen molar-refractivity contribution in [1.82, 2.24) is 14.2 Å². The summed E-state index contributed by atoms with van der Waals surface area (Å²) in [5.41, 5.74) is 1.27. The van der Waals surface area contributed by atoms with Gasteiger partial charge in [0, 0.05) is 38.3 Å². The molecule has 4 rings (SSSR count). The maximum atomic E-state index is 13.0. The smallest absolute Gasteiger partial charge is 0.270 e. The molecule has 0 unspecified atom stereocenters. The van der Waals surface area contributed by atoms with Crippen LogP contribution in [0.25, 0.3) is 10.2 Å². The van der Waals surface area contributed by atoms with Gasteiger partial charge >= 0.3 is 0 Å². The summed E-state index contributed by atoms with van der Waals surface area (Å²) in [6.45, 7) is 4.19. The first-order valence-corrected chi connectivity index (χ1v) is 11.4. The Kier molecular flexibility index (Phi) is 5.34. The Bertz CT molecular complexity index is 1130. The molecular weight excluding hydrogens is 412 g/mol. The molecule has 152 valence electrons. The monoisotopic (exact) mass is 432 g/mol. The number of aromatic nitrogens is 1. The van der Waals surface area contributed by atoms with Crippen molar-refractivity contribution >= 4 is 37.3 Å². The number of hydrogen-bond donors (Lipinski definition) is 0. The lowest BCUT2D eigenvalue weighted by molar-refractivity contribution is -0.385. The highest BCUT2D eigenvalue weighted by atomic mass is 32.2. The molecule has 2 heterocycles. The maximum Gasteiger partial charge on any atom is 0.270 e. The van der Waals surface area contributed by atoms with Gasteiger partial charge in [0.1, 0.15) is 5.01 Å². The lowest BCUT2D eigenvalue weighted by Crippen LogP contribution is -2.48. The van der Waals surface area contributed by atoms with Crippen LogP contribution >= 0.6 is 11.3 Å². The predicted octanol–water partition coefficient (Wildman–Crippen LogP) is 3.02. The number of hydrogen-bond acceptors (Lipinski definition) is 7. The first-order valence-electron chi connectivity index (χ1n) is 9.16. The van der Waals surface area contributed by atoms with Crippen LogP contribution in [0, 0.1) is 17.0 Å². The predicted molar refractivity (Wildman–Crippen MR) is 111 cm³/mol. The van der Waals surface area contributed by atoms with Crippen LogP contribution in [0.5, 0.6) is 0 Å². The standard InChI is InChI=1S/C19H20N4O4S2/c1-14-6-7-15(23(24)25)12-18(14)29(26,27)22-10-8-21(9-11-22)13-19-20-16-4-2-3-5-17(16)28-19/h2-7,12H,8-11,13H2,1H3. The van der Waals surface area contributed by atoms with Crippen molar-refractivity contribution in [3.63, 3.8) is 0 Å². The second kappa shape index (κ2) is 7.79. The second-order valence-electron chi connectivity index (χ2n) is 6.96. The third kappa shape index (κ3) is 4.01. The average Bonchev–Trinajstić information content (AvgIpc) is 3.10. The number of thiazole rings is 1. The van der Waals surface area contributed by atoms with Gasteiger partial charge in [-0.1, -0.05) is 18.2 Å². The van der Waals surface area contributed by atoms with E-state index in [-0.39, 0.29) is 10.6 Å². The van der Waals surface area contributed by atoms with E-state index in [2.05, 4.69) is 9.88 Å². The van der Waals surface area contributed by atoms with Gasteiger partial charge in [-0.05, 0) is 24.6 Å². The zero-order chi connectivity index (χ0) is 20.6. The van der Waals surface area contributed by atoms with Crippen LogP contribution < -0.4 is 0 Å². The van der Waals surface area contributed by atoms with Crippen LogP contribution in [-0.2, 0) is 16.6 Å². The molecule has 10 heteroatoms. The molecule has 1 fully saturated rings. The van der Waals surface area contributed by atoms with Crippen molar-refractivity contribution in [3.8, 4) is 0 Å². The van der Waals surface area contributed by atoms with Gasteiger partial charge in [-0.2, -0.15) is 4.31 Å². The largest absolute Gasteiger partial charge is 0.294 e. The number of para-hydroxylation sites is 1. The van der Waals surface area contributed by atoms with Crippen LogP contribution in [0.15, 0.2) is 47.4 Å². The summed E-state index contributed by atoms with van der Waals surface area (Å²) in [6, 6.07) is 11.9. The molecule has 8 nitrogen and oxygen atoms in total. The van der Waals surface area contributed by atoms with Gasteiger partial charge < -0.3 is 0 Å². The molecule has 29 heavy (non-hydrogen) atoms. The number of piperazine rings is 1. The quantitative estimate of drug-likeness (QED) is 0.454. The molecule has 0 bridgehead atoms. The van der Waals surface area contributed by atoms with E-state index in [9.17, 15) is 18.5 Å². The van der Waals surface area contributed by atoms with E-state index in [1.807, 2.05) is 24.3 Å². The van der Waals surface area contributed by atoms with Gasteiger partial charge in [-0.15, -0.1) is 11.3 Å². The van der Waals surface area contributed by atoms with E-state index in [0.717, 1.165) is 21.3 Å². The van der Waals surface area contributed by atoms with Crippen molar-refractivity contribution in [3.05, 3.63) is 63.1 Å². The third-order valence-corrected chi connectivity index (χ3v) is 8.09. The molecule has 1 aliphatic heterocycles. The number of nitrogens with zero attached hydrogens (tertiary/aromatic N) is 4. The summed E-state index contributed by atoms with van der Waals surface area (Å²) in [7, 11) is -3.78. The summed E-state index contributed by atoms with van der Waals surface area (Å²) in [4.78, 5) is 17.3. The minimum Gasteiger partial charge on any atom is -0.294 e. The lowest BCUT2D eigenvalue weighted by atomic mass is 10.2. The molecule has 0 radical (unpaired) electrons. The minimum atomic E-state index is -3.78. The average molecular weight is 433 g/mol. The summed E-state index contributed by atoms with van der Waals surface area (Å²) < 4.78 is 28.6. The fraction of sp³-hybridized carbons (Fsp3) is 0.316. The Hall–Kier alpha value is -2.40. The first kappa shape index (κ1) is 19.9. The van der Waals surface area contributed by atoms with Crippen LogP contribution in [0.1, 0.15) is 10.6 Å². The van der Waals surface area contributed by atoms with Gasteiger partial charge in [-0.25, -0.2) is 13.4 Å². The number of non-ortho nitro benzene ring substituents is 1. The van der Waals surface area contributed by atoms with Gasteiger partial charge in [0.25, 0.3) is 5.69 Å². The van der Waals surface area contributed by atoms with Crippen LogP contribution in [0.4, 0.5) is 5.69 Å². The highest BCUT2D eigenvalue weighted by Crippen LogP contribution is 2.27. The topological polar surface area (TPSA) is 96.6 Å². The lowest BCUT2D eigenvalue weighted by Gasteiger charge is -2.33. The molecule has 0 atom stereocenters. The number of nitro groups is 1. The zero-order valence-electron chi connectivity index (χ0n) is 15.8. The number of benzene rings is 2. The van der Waals surface area contributed by atoms with E-state index in [4.69, 9.17) is 0 Å². The number of rotatable bonds is 5. The van der Waals surface area contributed by atoms with E-state index in [0.29, 0.717) is 38.3 Å². The van der Waals surface area contributed by atoms with Crippen molar-refractivity contribution < 1.29 is 13.3 Å². The molecule has 0 saturated carbocycles. The molecule has 1 aliphatic rings. The van der Waals surface area contributed by atoms with Crippen molar-refractivity contribution in [2.24, 2.45) is 0 Å². The van der Waals surface area contributed by atoms with Gasteiger partial charge in [0.05, 0.1) is 26.6 Å². The number of nitro benzene ring substituents is 1. The highest BCUT2D eigenvalue weighted by molar-refractivity contribution is 7.89. The summed E-state index contributed by atoms with van der Waals surface area (Å²) in [6.07, 6.45) is 0. The molecule has 0 amide bonds. The molecular formula is C19H20N4O4S2. The van der Waals surface area contributed by atoms with Crippen LogP contribution in [0.3, 0.4) is 0 Å². The molecule has 0 N–H and O–H groups in total. The molecule has 0 aliphatic carbocycles. The van der Waals surface area contributed by atoms with E-state index >= 15 is 0 Å². The van der Waals surface area contributed by atoms with Crippen LogP contribution in [-0.4, -0.2) is 53.7 Å². The van der Waals surface area contributed by atoms with Gasteiger partial charge in [-0.3, -0.25) is 15.0 Å². The van der Waals surface area contributed by atoms with Crippen molar-refractivity contribution in [2.45, 2.75) is 18.4 Å². The Morgan fingerprint density at radius 2 is 1.86 bits per heavy atom. The Balaban J connectivity index is 1.46. The molecule has 2 aromatic carbocycles. The number of aryl methyl sites for hydroxylation is 1. The Labute approximate surface area is 172 Å². The minimum absolute atomic E-state index is 0.00585. The molecule has 0 spiro atoms. The van der Waals surface area contributed by atoms with Gasteiger partial charge in [0.15, 0.2) is 0 Å². The Morgan fingerprint density at radius 3 is 2.55 bits per heavy atom. The third-order valence-electron chi connectivity index (χ3n) is 5.03. The molecule has 1 saturated heterocycles. The van der Waals surface area contributed by atoms with Crippen molar-refractivity contribution in [1.29, 1.82) is 0 Å². The van der Waals surface area contributed by atoms with Crippen molar-refractivity contribution in [2.75, 3.05) is 26.2 Å². The number of sulfonamides is 1. The van der Waals surface area contributed by atoms with E-state index in [1.165, 1.54) is 16.4 Å². The second-order valence-corrected chi connectivity index (χ2v) is 9.98. The summed E-state index contributed by atoms with van der Waals surface area (Å²) in [5, 5.41) is 12.0. The fourth-order valence-corrected chi connectivity index (χ4v) is 6.10. The summed E-state index contributed by atoms with van der Waals surface area (Å²) >= 11 is 1.65. The maximum absolute atomic E-state index is 13.0. The van der Waals surface area contributed by atoms with Crippen LogP contribution in [0.2, 0.25) is 0 Å². The SMILES string of the molecule is Cc1ccc([N+](=O)[O-])cc1S(=O)(=O)N1CCN(Cc2nc3ccccc3s2)CC1. The normalized spacial score (nSPS) is 16.3. The Morgan fingerprint density at radius 1 is 1.14 bits per heavy atom. The number of fused-ring (bicyclic) bond motifs is 1. The zero-order valence-corrected chi connectivity index (χ0v) is 17.4. The first-order chi connectivity index (χ1) is 13.8. The molecule has 3 aromatic rings.